The van der Waals surface area contributed by atoms with Gasteiger partial charge in [0.2, 0.25) is 0 Å². The lowest BCUT2D eigenvalue weighted by molar-refractivity contribution is 0.400. The summed E-state index contributed by atoms with van der Waals surface area (Å²) in [5.74, 6) is 1.76. The van der Waals surface area contributed by atoms with Gasteiger partial charge in [0.1, 0.15) is 15.9 Å². The summed E-state index contributed by atoms with van der Waals surface area (Å²) in [5.41, 5.74) is 7.72. The number of halogens is 1. The number of pyridine rings is 1. The van der Waals surface area contributed by atoms with Gasteiger partial charge in [-0.1, -0.05) is 6.42 Å². The predicted octanol–water partition coefficient (Wildman–Crippen LogP) is 2.95. The molecule has 3 nitrogen and oxygen atoms in total. The van der Waals surface area contributed by atoms with Gasteiger partial charge in [-0.2, -0.15) is 0 Å². The van der Waals surface area contributed by atoms with E-state index in [0.717, 1.165) is 21.6 Å². The first-order chi connectivity index (χ1) is 7.27. The van der Waals surface area contributed by atoms with E-state index in [9.17, 15) is 0 Å². The number of nitrogens with zero attached hydrogens (tertiary/aromatic N) is 2. The number of imidazole rings is 1. The van der Waals surface area contributed by atoms with Crippen molar-refractivity contribution in [2.75, 3.05) is 5.73 Å². The fraction of sp³-hybridized carbons (Fsp3) is 0.364. The molecule has 3 rings (SSSR count). The third-order valence-electron chi connectivity index (χ3n) is 3.15. The maximum absolute atomic E-state index is 5.94. The monoisotopic (exact) mass is 265 g/mol. The van der Waals surface area contributed by atoms with Crippen molar-refractivity contribution in [1.82, 2.24) is 9.38 Å². The first-order valence-corrected chi connectivity index (χ1v) is 5.98. The molecule has 15 heavy (non-hydrogen) atoms. The molecule has 0 amide bonds. The highest BCUT2D eigenvalue weighted by molar-refractivity contribution is 9.10. The van der Waals surface area contributed by atoms with Crippen LogP contribution in [0.3, 0.4) is 0 Å². The van der Waals surface area contributed by atoms with Gasteiger partial charge in [-0.25, -0.2) is 4.98 Å². The zero-order valence-electron chi connectivity index (χ0n) is 8.28. The number of fused-ring (bicyclic) bond motifs is 1. The van der Waals surface area contributed by atoms with Crippen molar-refractivity contribution < 1.29 is 0 Å². The van der Waals surface area contributed by atoms with Crippen LogP contribution in [0.4, 0.5) is 5.69 Å². The van der Waals surface area contributed by atoms with Gasteiger partial charge in [0.05, 0.1) is 5.69 Å². The first-order valence-electron chi connectivity index (χ1n) is 5.19. The zero-order chi connectivity index (χ0) is 10.4. The number of hydrogen-bond acceptors (Lipinski definition) is 2. The van der Waals surface area contributed by atoms with E-state index in [2.05, 4.69) is 25.3 Å². The molecule has 4 heteroatoms. The van der Waals surface area contributed by atoms with E-state index in [0.29, 0.717) is 5.92 Å². The van der Waals surface area contributed by atoms with E-state index in [1.54, 1.807) is 0 Å². The molecule has 1 aliphatic rings. The van der Waals surface area contributed by atoms with Gasteiger partial charge in [-0.05, 0) is 40.9 Å². The molecule has 0 aliphatic heterocycles. The van der Waals surface area contributed by atoms with Crippen molar-refractivity contribution in [3.63, 3.8) is 0 Å². The molecule has 78 valence electrons. The molecule has 0 aromatic carbocycles. The number of hydrogen-bond donors (Lipinski definition) is 1. The van der Waals surface area contributed by atoms with Crippen LogP contribution in [0.2, 0.25) is 0 Å². The Bertz CT molecular complexity index is 514. The minimum atomic E-state index is 0.616. The second kappa shape index (κ2) is 3.23. The maximum atomic E-state index is 5.94. The lowest BCUT2D eigenvalue weighted by atomic mass is 9.85. The van der Waals surface area contributed by atoms with E-state index in [1.165, 1.54) is 19.3 Å². The number of aromatic nitrogens is 2. The first kappa shape index (κ1) is 9.21. The van der Waals surface area contributed by atoms with Crippen molar-refractivity contribution in [2.24, 2.45) is 0 Å². The Morgan fingerprint density at radius 1 is 1.47 bits per heavy atom. The Labute approximate surface area is 96.4 Å². The lowest BCUT2D eigenvalue weighted by Gasteiger charge is -2.23. The van der Waals surface area contributed by atoms with E-state index >= 15 is 0 Å². The van der Waals surface area contributed by atoms with Crippen molar-refractivity contribution >= 4 is 27.1 Å². The van der Waals surface area contributed by atoms with Crippen LogP contribution in [-0.4, -0.2) is 9.38 Å². The van der Waals surface area contributed by atoms with Gasteiger partial charge in [-0.3, -0.25) is 0 Å². The lowest BCUT2D eigenvalue weighted by Crippen LogP contribution is -2.12. The highest BCUT2D eigenvalue weighted by Crippen LogP contribution is 2.38. The molecule has 0 saturated heterocycles. The highest BCUT2D eigenvalue weighted by atomic mass is 79.9. The number of rotatable bonds is 1. The van der Waals surface area contributed by atoms with Crippen LogP contribution in [0, 0.1) is 0 Å². The quantitative estimate of drug-likeness (QED) is 0.862. The summed E-state index contributed by atoms with van der Waals surface area (Å²) in [6, 6.07) is 3.88. The summed E-state index contributed by atoms with van der Waals surface area (Å²) in [6.07, 6.45) is 5.86. The van der Waals surface area contributed by atoms with Crippen LogP contribution in [0.25, 0.3) is 5.52 Å². The molecule has 2 heterocycles. The van der Waals surface area contributed by atoms with E-state index in [1.807, 2.05) is 18.3 Å². The van der Waals surface area contributed by atoms with E-state index in [4.69, 9.17) is 5.73 Å². The second-order valence-corrected chi connectivity index (χ2v) is 4.82. The molecule has 0 radical (unpaired) electrons. The normalized spacial score (nSPS) is 16.9. The zero-order valence-corrected chi connectivity index (χ0v) is 9.87. The van der Waals surface area contributed by atoms with Crippen LogP contribution in [0.15, 0.2) is 22.9 Å². The number of anilines is 1. The molecule has 2 N–H and O–H groups in total. The molecule has 2 aromatic heterocycles. The molecule has 0 spiro atoms. The van der Waals surface area contributed by atoms with E-state index < -0.39 is 0 Å². The standard InChI is InChI=1S/C11H12BrN3/c12-10-9-8(13)5-2-6-15(9)11(14-10)7-3-1-4-7/h2,5-7H,1,3-4,13H2. The smallest absolute Gasteiger partial charge is 0.134 e. The van der Waals surface area contributed by atoms with Crippen LogP contribution < -0.4 is 5.73 Å². The molecular weight excluding hydrogens is 254 g/mol. The molecule has 1 saturated carbocycles. The van der Waals surface area contributed by atoms with Gasteiger partial charge in [-0.15, -0.1) is 0 Å². The summed E-state index contributed by atoms with van der Waals surface area (Å²) in [5, 5.41) is 0. The fourth-order valence-corrected chi connectivity index (χ4v) is 2.70. The molecule has 1 aliphatic carbocycles. The summed E-state index contributed by atoms with van der Waals surface area (Å²) in [6.45, 7) is 0. The van der Waals surface area contributed by atoms with Crippen LogP contribution in [0.1, 0.15) is 31.0 Å². The van der Waals surface area contributed by atoms with Crippen LogP contribution >= 0.6 is 15.9 Å². The minimum Gasteiger partial charge on any atom is -0.397 e. The molecule has 0 atom stereocenters. The summed E-state index contributed by atoms with van der Waals surface area (Å²) in [4.78, 5) is 4.57. The molecular formula is C11H12BrN3. The summed E-state index contributed by atoms with van der Waals surface area (Å²) in [7, 11) is 0. The molecule has 0 bridgehead atoms. The van der Waals surface area contributed by atoms with Crippen LogP contribution in [-0.2, 0) is 0 Å². The maximum Gasteiger partial charge on any atom is 0.134 e. The Hall–Kier alpha value is -1.03. The highest BCUT2D eigenvalue weighted by Gasteiger charge is 2.25. The Kier molecular flexibility index (Phi) is 1.99. The van der Waals surface area contributed by atoms with Crippen LogP contribution in [0.5, 0.6) is 0 Å². The molecule has 1 fully saturated rings. The number of nitrogen functional groups attached to an aromatic ring is 1. The summed E-state index contributed by atoms with van der Waals surface area (Å²) < 4.78 is 2.98. The topological polar surface area (TPSA) is 43.3 Å². The van der Waals surface area contributed by atoms with Crippen molar-refractivity contribution in [2.45, 2.75) is 25.2 Å². The fourth-order valence-electron chi connectivity index (χ4n) is 2.10. The van der Waals surface area contributed by atoms with Crippen molar-refractivity contribution in [3.8, 4) is 0 Å². The van der Waals surface area contributed by atoms with Gasteiger partial charge >= 0.3 is 0 Å². The predicted molar refractivity (Wildman–Crippen MR) is 63.9 cm³/mol. The average Bonchev–Trinajstić information content (AvgIpc) is 2.43. The van der Waals surface area contributed by atoms with Gasteiger partial charge in [0.15, 0.2) is 0 Å². The third-order valence-corrected chi connectivity index (χ3v) is 3.70. The van der Waals surface area contributed by atoms with Crippen molar-refractivity contribution in [1.29, 1.82) is 0 Å². The Morgan fingerprint density at radius 3 is 2.93 bits per heavy atom. The van der Waals surface area contributed by atoms with Crippen molar-refractivity contribution in [3.05, 3.63) is 28.8 Å². The number of nitrogens with two attached hydrogens (primary N) is 1. The SMILES string of the molecule is Nc1cccn2c(C3CCC3)nc(Br)c12. The largest absolute Gasteiger partial charge is 0.397 e. The third kappa shape index (κ3) is 1.28. The van der Waals surface area contributed by atoms with Gasteiger partial charge < -0.3 is 10.1 Å². The van der Waals surface area contributed by atoms with E-state index in [-0.39, 0.29) is 0 Å². The average molecular weight is 266 g/mol. The van der Waals surface area contributed by atoms with Gasteiger partial charge in [0.25, 0.3) is 0 Å². The molecule has 2 aromatic rings. The summed E-state index contributed by atoms with van der Waals surface area (Å²) >= 11 is 3.48. The van der Waals surface area contributed by atoms with Gasteiger partial charge in [0, 0.05) is 12.1 Å². The second-order valence-electron chi connectivity index (χ2n) is 4.07. The molecule has 0 unspecified atom stereocenters. The Balaban J connectivity index is 2.27. The Morgan fingerprint density at radius 2 is 2.27 bits per heavy atom. The minimum absolute atomic E-state index is 0.616.